The van der Waals surface area contributed by atoms with Crippen LogP contribution in [0, 0.1) is 6.92 Å². The lowest BCUT2D eigenvalue weighted by molar-refractivity contribution is 0.201. The summed E-state index contributed by atoms with van der Waals surface area (Å²) in [7, 11) is 0. The van der Waals surface area contributed by atoms with Crippen molar-refractivity contribution in [1.29, 1.82) is 0 Å². The van der Waals surface area contributed by atoms with E-state index in [1.54, 1.807) is 0 Å². The van der Waals surface area contributed by atoms with Gasteiger partial charge in [-0.05, 0) is 70.2 Å². The van der Waals surface area contributed by atoms with E-state index in [1.807, 2.05) is 13.0 Å². The minimum absolute atomic E-state index is 0.407. The van der Waals surface area contributed by atoms with E-state index in [2.05, 4.69) is 51.8 Å². The highest BCUT2D eigenvalue weighted by Crippen LogP contribution is 2.41. The topological polar surface area (TPSA) is 60.0 Å². The van der Waals surface area contributed by atoms with E-state index in [0.29, 0.717) is 17.9 Å². The number of hydrogen-bond acceptors (Lipinski definition) is 5. The summed E-state index contributed by atoms with van der Waals surface area (Å²) in [6, 6.07) is 8.69. The lowest BCUT2D eigenvalue weighted by Crippen LogP contribution is -2.29. The van der Waals surface area contributed by atoms with Crippen LogP contribution in [0.25, 0.3) is 5.69 Å². The van der Waals surface area contributed by atoms with E-state index in [-0.39, 0.29) is 0 Å². The second-order valence-corrected chi connectivity index (χ2v) is 9.43. The third-order valence-electron chi connectivity index (χ3n) is 6.64. The van der Waals surface area contributed by atoms with Gasteiger partial charge in [0, 0.05) is 35.5 Å². The summed E-state index contributed by atoms with van der Waals surface area (Å²) in [4.78, 5) is 2.43. The van der Waals surface area contributed by atoms with Gasteiger partial charge in [-0.25, -0.2) is 0 Å². The van der Waals surface area contributed by atoms with Crippen LogP contribution in [0.3, 0.4) is 0 Å². The minimum atomic E-state index is 0.407. The lowest BCUT2D eigenvalue weighted by atomic mass is 9.80. The Labute approximate surface area is 182 Å². The molecule has 3 aromatic rings. The van der Waals surface area contributed by atoms with Crippen LogP contribution in [0.5, 0.6) is 0 Å². The maximum absolute atomic E-state index is 6.35. The normalized spacial score (nSPS) is 22.0. The number of aromatic nitrogens is 4. The van der Waals surface area contributed by atoms with Crippen molar-refractivity contribution in [1.82, 2.24) is 24.8 Å². The highest BCUT2D eigenvalue weighted by molar-refractivity contribution is 6.30. The highest BCUT2D eigenvalue weighted by Gasteiger charge is 2.32. The van der Waals surface area contributed by atoms with Gasteiger partial charge < -0.3 is 4.52 Å². The zero-order chi connectivity index (χ0) is 20.8. The van der Waals surface area contributed by atoms with Crippen LogP contribution in [0.2, 0.25) is 5.02 Å². The van der Waals surface area contributed by atoms with E-state index < -0.39 is 0 Å². The molecule has 0 unspecified atom stereocenters. The average Bonchev–Trinajstić information content (AvgIpc) is 3.30. The van der Waals surface area contributed by atoms with Gasteiger partial charge in [0.25, 0.3) is 0 Å². The molecule has 0 saturated heterocycles. The first-order chi connectivity index (χ1) is 14.5. The Hall–Kier alpha value is -2.18. The first-order valence-electron chi connectivity index (χ1n) is 10.9. The fourth-order valence-electron chi connectivity index (χ4n) is 4.91. The van der Waals surface area contributed by atoms with Crippen molar-refractivity contribution in [2.45, 2.75) is 77.4 Å². The fraction of sp³-hybridized carbons (Fsp3) is 0.522. The Morgan fingerprint density at radius 1 is 1.03 bits per heavy atom. The van der Waals surface area contributed by atoms with Gasteiger partial charge in [-0.3, -0.25) is 9.47 Å². The molecule has 0 spiro atoms. The fourth-order valence-corrected chi connectivity index (χ4v) is 5.10. The molecule has 1 saturated carbocycles. The molecule has 2 aliphatic rings. The SMILES string of the molecule is Cc1cc(C2CCC(c3nnc4n3-c3ccc(Cl)cc3CN(C(C)C)C4)CC2)no1. The van der Waals surface area contributed by atoms with Crippen LogP contribution in [0.15, 0.2) is 28.8 Å². The summed E-state index contributed by atoms with van der Waals surface area (Å²) in [5.74, 6) is 3.89. The maximum Gasteiger partial charge on any atom is 0.151 e. The van der Waals surface area contributed by atoms with Gasteiger partial charge in [-0.15, -0.1) is 10.2 Å². The monoisotopic (exact) mass is 425 g/mol. The number of aryl methyl sites for hydroxylation is 1. The van der Waals surface area contributed by atoms with Crippen molar-refractivity contribution in [2.24, 2.45) is 0 Å². The molecule has 1 aliphatic carbocycles. The first kappa shape index (κ1) is 19.8. The van der Waals surface area contributed by atoms with Gasteiger partial charge in [-0.1, -0.05) is 16.8 Å². The largest absolute Gasteiger partial charge is 0.361 e. The summed E-state index contributed by atoms with van der Waals surface area (Å²) in [6.07, 6.45) is 4.38. The molecule has 7 heteroatoms. The van der Waals surface area contributed by atoms with Crippen molar-refractivity contribution >= 4 is 11.6 Å². The van der Waals surface area contributed by atoms with Gasteiger partial charge >= 0.3 is 0 Å². The molecule has 3 heterocycles. The molecular formula is C23H28ClN5O. The van der Waals surface area contributed by atoms with Crippen LogP contribution in [-0.4, -0.2) is 30.9 Å². The maximum atomic E-state index is 6.35. The molecular weight excluding hydrogens is 398 g/mol. The predicted molar refractivity (Wildman–Crippen MR) is 116 cm³/mol. The molecule has 0 N–H and O–H groups in total. The molecule has 2 aromatic heterocycles. The third kappa shape index (κ3) is 3.56. The molecule has 0 bridgehead atoms. The van der Waals surface area contributed by atoms with E-state index in [1.165, 1.54) is 11.3 Å². The minimum Gasteiger partial charge on any atom is -0.361 e. The van der Waals surface area contributed by atoms with Crippen molar-refractivity contribution in [2.75, 3.05) is 0 Å². The Bertz CT molecular complexity index is 1050. The number of hydrogen-bond donors (Lipinski definition) is 0. The summed E-state index contributed by atoms with van der Waals surface area (Å²) >= 11 is 6.35. The molecule has 6 nitrogen and oxygen atoms in total. The zero-order valence-corrected chi connectivity index (χ0v) is 18.6. The van der Waals surface area contributed by atoms with E-state index >= 15 is 0 Å². The van der Waals surface area contributed by atoms with Crippen molar-refractivity contribution < 1.29 is 4.52 Å². The molecule has 1 aliphatic heterocycles. The number of benzene rings is 1. The zero-order valence-electron chi connectivity index (χ0n) is 17.8. The van der Waals surface area contributed by atoms with Gasteiger partial charge in [0.05, 0.1) is 17.9 Å². The van der Waals surface area contributed by atoms with Gasteiger partial charge in [0.1, 0.15) is 11.6 Å². The van der Waals surface area contributed by atoms with Crippen LogP contribution >= 0.6 is 11.6 Å². The van der Waals surface area contributed by atoms with E-state index in [4.69, 9.17) is 21.2 Å². The Morgan fingerprint density at radius 2 is 1.80 bits per heavy atom. The molecule has 5 rings (SSSR count). The molecule has 0 atom stereocenters. The standard InChI is InChI=1S/C23H28ClN5O/c1-14(2)28-12-18-11-19(24)8-9-21(18)29-22(13-28)25-26-23(29)17-6-4-16(5-7-17)20-10-15(3)30-27-20/h8-11,14,16-17H,4-7,12-13H2,1-3H3. The number of nitrogens with zero attached hydrogens (tertiary/aromatic N) is 5. The quantitative estimate of drug-likeness (QED) is 0.563. The van der Waals surface area contributed by atoms with Crippen LogP contribution in [0.1, 0.15) is 80.0 Å². The third-order valence-corrected chi connectivity index (χ3v) is 6.88. The van der Waals surface area contributed by atoms with Gasteiger partial charge in [-0.2, -0.15) is 0 Å². The van der Waals surface area contributed by atoms with E-state index in [0.717, 1.165) is 66.9 Å². The van der Waals surface area contributed by atoms with Crippen molar-refractivity contribution in [3.63, 3.8) is 0 Å². The number of halogens is 1. The summed E-state index contributed by atoms with van der Waals surface area (Å²) in [5.41, 5.74) is 3.51. The van der Waals surface area contributed by atoms with E-state index in [9.17, 15) is 0 Å². The summed E-state index contributed by atoms with van der Waals surface area (Å²) in [6.45, 7) is 8.07. The molecule has 1 aromatic carbocycles. The second kappa shape index (κ2) is 7.82. The predicted octanol–water partition coefficient (Wildman–Crippen LogP) is 5.38. The molecule has 0 amide bonds. The van der Waals surface area contributed by atoms with Gasteiger partial charge in [0.15, 0.2) is 5.82 Å². The van der Waals surface area contributed by atoms with Gasteiger partial charge in [0.2, 0.25) is 0 Å². The molecule has 1 fully saturated rings. The summed E-state index contributed by atoms with van der Waals surface area (Å²) < 4.78 is 7.60. The Morgan fingerprint density at radius 3 is 2.50 bits per heavy atom. The second-order valence-electron chi connectivity index (χ2n) is 8.99. The lowest BCUT2D eigenvalue weighted by Gasteiger charge is -2.27. The first-order valence-corrected chi connectivity index (χ1v) is 11.3. The smallest absolute Gasteiger partial charge is 0.151 e. The Balaban J connectivity index is 1.46. The highest BCUT2D eigenvalue weighted by atomic mass is 35.5. The van der Waals surface area contributed by atoms with Crippen LogP contribution in [-0.2, 0) is 13.1 Å². The van der Waals surface area contributed by atoms with Crippen molar-refractivity contribution in [3.8, 4) is 5.69 Å². The Kier molecular flexibility index (Phi) is 5.15. The van der Waals surface area contributed by atoms with Crippen LogP contribution in [0.4, 0.5) is 0 Å². The number of rotatable bonds is 3. The number of fused-ring (bicyclic) bond motifs is 3. The van der Waals surface area contributed by atoms with Crippen molar-refractivity contribution in [3.05, 3.63) is 58.0 Å². The summed E-state index contributed by atoms with van der Waals surface area (Å²) in [5, 5.41) is 14.4. The molecule has 30 heavy (non-hydrogen) atoms. The molecule has 0 radical (unpaired) electrons. The van der Waals surface area contributed by atoms with Crippen LogP contribution < -0.4 is 0 Å². The average molecular weight is 426 g/mol. The molecule has 158 valence electrons.